The molecule has 2 bridgehead atoms. The first-order valence-electron chi connectivity index (χ1n) is 10.4. The first-order valence-corrected chi connectivity index (χ1v) is 10.4. The van der Waals surface area contributed by atoms with Crippen molar-refractivity contribution in [2.45, 2.75) is 18.7 Å². The van der Waals surface area contributed by atoms with Gasteiger partial charge in [-0.15, -0.1) is 0 Å². The molecule has 1 saturated heterocycles. The van der Waals surface area contributed by atoms with Crippen molar-refractivity contribution < 1.29 is 19.1 Å². The lowest BCUT2D eigenvalue weighted by atomic mass is 9.78. The standard InChI is InChI=1S/C25H23N3O4/c1-25-21(23(29)26-16-12-14-18(31-2)15-13-16)22(19-10-6-7-11-20(19)32-25)27-24(30)28(25)17-8-4-3-5-9-17/h3-15,21-22H,1-2H3,(H,26,29)(H,27,30). The number of para-hydroxylation sites is 2. The maximum atomic E-state index is 13.6. The van der Waals surface area contributed by atoms with Crippen LogP contribution in [0.15, 0.2) is 78.9 Å². The second-order valence-corrected chi connectivity index (χ2v) is 7.99. The van der Waals surface area contributed by atoms with E-state index in [1.54, 1.807) is 38.3 Å². The van der Waals surface area contributed by atoms with E-state index in [9.17, 15) is 9.59 Å². The summed E-state index contributed by atoms with van der Waals surface area (Å²) in [6, 6.07) is 23.0. The SMILES string of the molecule is COc1ccc(NC(=O)C2C3NC(=O)N(c4ccccc4)C2(C)Oc2ccccc23)cc1. The third-order valence-corrected chi connectivity index (χ3v) is 6.06. The summed E-state index contributed by atoms with van der Waals surface area (Å²) in [6.07, 6.45) is 0. The molecule has 2 aliphatic heterocycles. The third kappa shape index (κ3) is 3.13. The topological polar surface area (TPSA) is 79.9 Å². The van der Waals surface area contributed by atoms with Gasteiger partial charge in [0.2, 0.25) is 11.6 Å². The van der Waals surface area contributed by atoms with Crippen LogP contribution in [0, 0.1) is 5.92 Å². The minimum absolute atomic E-state index is 0.252. The van der Waals surface area contributed by atoms with Crippen molar-refractivity contribution in [1.82, 2.24) is 5.32 Å². The number of carbonyl (C=O) groups excluding carboxylic acids is 2. The maximum absolute atomic E-state index is 13.6. The van der Waals surface area contributed by atoms with E-state index in [4.69, 9.17) is 9.47 Å². The van der Waals surface area contributed by atoms with E-state index in [2.05, 4.69) is 10.6 Å². The third-order valence-electron chi connectivity index (χ3n) is 6.06. The molecule has 7 nitrogen and oxygen atoms in total. The van der Waals surface area contributed by atoms with Gasteiger partial charge >= 0.3 is 6.03 Å². The molecule has 7 heteroatoms. The molecule has 0 aromatic heterocycles. The highest BCUT2D eigenvalue weighted by Gasteiger charge is 2.60. The normalized spacial score (nSPS) is 23.4. The zero-order chi connectivity index (χ0) is 22.3. The molecule has 32 heavy (non-hydrogen) atoms. The van der Waals surface area contributed by atoms with Crippen LogP contribution in [-0.4, -0.2) is 24.8 Å². The van der Waals surface area contributed by atoms with Crippen LogP contribution in [0.3, 0.4) is 0 Å². The lowest BCUT2D eigenvalue weighted by Crippen LogP contribution is -2.72. The van der Waals surface area contributed by atoms with E-state index in [-0.39, 0.29) is 11.9 Å². The molecule has 5 rings (SSSR count). The van der Waals surface area contributed by atoms with Crippen LogP contribution in [0.1, 0.15) is 18.5 Å². The molecule has 3 aromatic rings. The van der Waals surface area contributed by atoms with E-state index < -0.39 is 17.7 Å². The van der Waals surface area contributed by atoms with Crippen molar-refractivity contribution in [2.24, 2.45) is 5.92 Å². The number of urea groups is 1. The Morgan fingerprint density at radius 3 is 2.44 bits per heavy atom. The van der Waals surface area contributed by atoms with Crippen molar-refractivity contribution in [3.05, 3.63) is 84.4 Å². The Labute approximate surface area is 185 Å². The lowest BCUT2D eigenvalue weighted by molar-refractivity contribution is -0.131. The zero-order valence-electron chi connectivity index (χ0n) is 17.7. The van der Waals surface area contributed by atoms with E-state index >= 15 is 0 Å². The van der Waals surface area contributed by atoms with Crippen molar-refractivity contribution in [2.75, 3.05) is 17.3 Å². The highest BCUT2D eigenvalue weighted by atomic mass is 16.5. The van der Waals surface area contributed by atoms with E-state index in [0.29, 0.717) is 22.9 Å². The molecular weight excluding hydrogens is 406 g/mol. The molecule has 2 aliphatic rings. The van der Waals surface area contributed by atoms with Gasteiger partial charge < -0.3 is 20.1 Å². The summed E-state index contributed by atoms with van der Waals surface area (Å²) in [4.78, 5) is 28.4. The molecule has 0 aliphatic carbocycles. The number of nitrogens with one attached hydrogen (secondary N) is 2. The molecule has 3 amide bonds. The van der Waals surface area contributed by atoms with Crippen LogP contribution >= 0.6 is 0 Å². The highest BCUT2D eigenvalue weighted by Crippen LogP contribution is 2.49. The fourth-order valence-electron chi connectivity index (χ4n) is 4.59. The Balaban J connectivity index is 1.58. The largest absolute Gasteiger partial charge is 0.497 e. The van der Waals surface area contributed by atoms with Gasteiger partial charge in [0.05, 0.1) is 13.2 Å². The van der Waals surface area contributed by atoms with Crippen LogP contribution in [0.2, 0.25) is 0 Å². The van der Waals surface area contributed by atoms with Gasteiger partial charge in [0, 0.05) is 16.9 Å². The monoisotopic (exact) mass is 429 g/mol. The zero-order valence-corrected chi connectivity index (χ0v) is 17.7. The van der Waals surface area contributed by atoms with Gasteiger partial charge in [-0.25, -0.2) is 4.79 Å². The van der Waals surface area contributed by atoms with Crippen molar-refractivity contribution in [3.63, 3.8) is 0 Å². The second-order valence-electron chi connectivity index (χ2n) is 7.99. The van der Waals surface area contributed by atoms with Gasteiger partial charge in [-0.3, -0.25) is 9.69 Å². The summed E-state index contributed by atoms with van der Waals surface area (Å²) in [5.41, 5.74) is 0.821. The summed E-state index contributed by atoms with van der Waals surface area (Å²) in [6.45, 7) is 1.79. The number of ether oxygens (including phenoxy) is 2. The van der Waals surface area contributed by atoms with Gasteiger partial charge in [-0.1, -0.05) is 36.4 Å². The highest BCUT2D eigenvalue weighted by molar-refractivity contribution is 6.01. The van der Waals surface area contributed by atoms with Gasteiger partial charge in [-0.05, 0) is 49.4 Å². The van der Waals surface area contributed by atoms with Crippen molar-refractivity contribution in [3.8, 4) is 11.5 Å². The number of fused-ring (bicyclic) bond motifs is 4. The molecule has 0 saturated carbocycles. The Hall–Kier alpha value is -4.00. The number of nitrogens with zero attached hydrogens (tertiary/aromatic N) is 1. The van der Waals surface area contributed by atoms with Crippen LogP contribution in [-0.2, 0) is 4.79 Å². The van der Waals surface area contributed by atoms with E-state index in [0.717, 1.165) is 5.56 Å². The summed E-state index contributed by atoms with van der Waals surface area (Å²) in [5.74, 6) is 0.384. The number of methoxy groups -OCH3 is 1. The first kappa shape index (κ1) is 19.9. The Morgan fingerprint density at radius 1 is 1.03 bits per heavy atom. The maximum Gasteiger partial charge on any atom is 0.325 e. The molecule has 2 N–H and O–H groups in total. The Bertz CT molecular complexity index is 1170. The average Bonchev–Trinajstić information content (AvgIpc) is 2.79. The van der Waals surface area contributed by atoms with E-state index in [1.807, 2.05) is 54.6 Å². The van der Waals surface area contributed by atoms with Crippen LogP contribution in [0.5, 0.6) is 11.5 Å². The fraction of sp³-hybridized carbons (Fsp3) is 0.200. The van der Waals surface area contributed by atoms with Crippen LogP contribution in [0.25, 0.3) is 0 Å². The molecular formula is C25H23N3O4. The van der Waals surface area contributed by atoms with Gasteiger partial charge in [-0.2, -0.15) is 0 Å². The summed E-state index contributed by atoms with van der Waals surface area (Å²) < 4.78 is 11.6. The number of carbonyl (C=O) groups is 2. The summed E-state index contributed by atoms with van der Waals surface area (Å²) in [7, 11) is 1.59. The number of hydrogen-bond acceptors (Lipinski definition) is 4. The predicted molar refractivity (Wildman–Crippen MR) is 121 cm³/mol. The van der Waals surface area contributed by atoms with Gasteiger partial charge in [0.25, 0.3) is 0 Å². The van der Waals surface area contributed by atoms with Gasteiger partial charge in [0.1, 0.15) is 17.4 Å². The van der Waals surface area contributed by atoms with Gasteiger partial charge in [0.15, 0.2) is 0 Å². The molecule has 0 spiro atoms. The molecule has 3 aromatic carbocycles. The van der Waals surface area contributed by atoms with Crippen molar-refractivity contribution >= 4 is 23.3 Å². The summed E-state index contributed by atoms with van der Waals surface area (Å²) in [5, 5.41) is 6.02. The first-order chi connectivity index (χ1) is 15.5. The molecule has 0 radical (unpaired) electrons. The fourth-order valence-corrected chi connectivity index (χ4v) is 4.59. The smallest absolute Gasteiger partial charge is 0.325 e. The number of anilines is 2. The number of benzene rings is 3. The average molecular weight is 429 g/mol. The Morgan fingerprint density at radius 2 is 1.72 bits per heavy atom. The van der Waals surface area contributed by atoms with Crippen molar-refractivity contribution in [1.29, 1.82) is 0 Å². The number of amides is 3. The van der Waals surface area contributed by atoms with E-state index in [1.165, 1.54) is 4.90 Å². The van der Waals surface area contributed by atoms with Crippen LogP contribution in [0.4, 0.5) is 16.2 Å². The van der Waals surface area contributed by atoms with Crippen LogP contribution < -0.4 is 25.0 Å². The quantitative estimate of drug-likeness (QED) is 0.647. The molecule has 1 fully saturated rings. The second kappa shape index (κ2) is 7.60. The molecule has 162 valence electrons. The Kier molecular flexibility index (Phi) is 4.74. The lowest BCUT2D eigenvalue weighted by Gasteiger charge is -2.54. The minimum Gasteiger partial charge on any atom is -0.497 e. The minimum atomic E-state index is -1.24. The molecule has 3 unspecified atom stereocenters. The molecule has 3 atom stereocenters. The summed E-state index contributed by atoms with van der Waals surface area (Å²) >= 11 is 0. The molecule has 2 heterocycles. The predicted octanol–water partition coefficient (Wildman–Crippen LogP) is 4.33. The number of rotatable bonds is 4. The number of hydrogen-bond donors (Lipinski definition) is 2.